The van der Waals surface area contributed by atoms with Gasteiger partial charge in [-0.15, -0.1) is 0 Å². The molecule has 33 heavy (non-hydrogen) atoms. The average molecular weight is 531 g/mol. The Kier molecular flexibility index (Phi) is 7.49. The Morgan fingerprint density at radius 2 is 1.45 bits per heavy atom. The number of nitrogens with one attached hydrogen (secondary N) is 2. The Morgan fingerprint density at radius 1 is 0.909 bits per heavy atom. The van der Waals surface area contributed by atoms with Gasteiger partial charge in [-0.3, -0.25) is 9.52 Å². The zero-order chi connectivity index (χ0) is 24.3. The molecule has 0 aromatic heterocycles. The van der Waals surface area contributed by atoms with E-state index in [1.165, 1.54) is 12.1 Å². The van der Waals surface area contributed by atoms with Gasteiger partial charge in [0.1, 0.15) is 5.75 Å². The van der Waals surface area contributed by atoms with Gasteiger partial charge in [-0.05, 0) is 93.3 Å². The molecule has 3 aromatic rings. The number of hydrogen-bond acceptors (Lipinski definition) is 4. The molecule has 1 atom stereocenters. The van der Waals surface area contributed by atoms with Crippen LogP contribution in [-0.4, -0.2) is 20.4 Å². The minimum atomic E-state index is -3.76. The quantitative estimate of drug-likeness (QED) is 0.398. The van der Waals surface area contributed by atoms with Crippen molar-refractivity contribution >= 4 is 43.2 Å². The van der Waals surface area contributed by atoms with Gasteiger partial charge in [0, 0.05) is 10.2 Å². The molecule has 3 rings (SSSR count). The number of halogens is 1. The first-order valence-electron chi connectivity index (χ1n) is 10.4. The van der Waals surface area contributed by atoms with Gasteiger partial charge in [-0.2, -0.15) is 0 Å². The largest absolute Gasteiger partial charge is 0.480 e. The summed E-state index contributed by atoms with van der Waals surface area (Å²) in [5.74, 6) is 0.334. The number of aryl methyl sites for hydroxylation is 4. The van der Waals surface area contributed by atoms with Crippen LogP contribution in [0, 0.1) is 27.7 Å². The van der Waals surface area contributed by atoms with Crippen molar-refractivity contribution in [2.24, 2.45) is 0 Å². The number of rotatable bonds is 7. The third kappa shape index (κ3) is 5.94. The smallest absolute Gasteiger partial charge is 0.265 e. The van der Waals surface area contributed by atoms with Crippen LogP contribution >= 0.6 is 15.9 Å². The van der Waals surface area contributed by atoms with Gasteiger partial charge in [0.25, 0.3) is 15.9 Å². The third-order valence-corrected chi connectivity index (χ3v) is 7.06. The van der Waals surface area contributed by atoms with Gasteiger partial charge in [0.15, 0.2) is 6.10 Å². The lowest BCUT2D eigenvalue weighted by atomic mass is 10.1. The Morgan fingerprint density at radius 3 is 2.00 bits per heavy atom. The number of carbonyl (C=O) groups excluding carboxylic acids is 1. The van der Waals surface area contributed by atoms with Gasteiger partial charge in [-0.1, -0.05) is 34.1 Å². The molecule has 0 fully saturated rings. The number of ether oxygens (including phenoxy) is 1. The lowest BCUT2D eigenvalue weighted by molar-refractivity contribution is -0.122. The summed E-state index contributed by atoms with van der Waals surface area (Å²) in [5, 5.41) is 2.77. The van der Waals surface area contributed by atoms with Crippen LogP contribution in [0.2, 0.25) is 0 Å². The summed E-state index contributed by atoms with van der Waals surface area (Å²) in [5.41, 5.74) is 4.57. The van der Waals surface area contributed by atoms with Crippen LogP contribution in [0.25, 0.3) is 0 Å². The van der Waals surface area contributed by atoms with Crippen molar-refractivity contribution < 1.29 is 17.9 Å². The van der Waals surface area contributed by atoms with Gasteiger partial charge in [-0.25, -0.2) is 8.42 Å². The van der Waals surface area contributed by atoms with Crippen LogP contribution in [0.15, 0.2) is 64.0 Å². The van der Waals surface area contributed by atoms with Crippen LogP contribution in [-0.2, 0) is 14.8 Å². The highest BCUT2D eigenvalue weighted by Crippen LogP contribution is 2.28. The molecule has 0 heterocycles. The first-order chi connectivity index (χ1) is 15.5. The molecule has 0 aliphatic rings. The van der Waals surface area contributed by atoms with E-state index >= 15 is 0 Å². The Labute approximate surface area is 203 Å². The summed E-state index contributed by atoms with van der Waals surface area (Å²) in [6.45, 7) is 9.21. The number of anilines is 2. The molecule has 0 saturated heterocycles. The van der Waals surface area contributed by atoms with E-state index < -0.39 is 16.1 Å². The summed E-state index contributed by atoms with van der Waals surface area (Å²) >= 11 is 3.45. The molecule has 3 aromatic carbocycles. The van der Waals surface area contributed by atoms with Gasteiger partial charge in [0.05, 0.1) is 10.6 Å². The molecule has 6 nitrogen and oxygen atoms in total. The number of para-hydroxylation sites is 1. The van der Waals surface area contributed by atoms with Crippen molar-refractivity contribution in [3.05, 3.63) is 81.3 Å². The molecular formula is C25H27BrN2O4S. The Hall–Kier alpha value is -2.84. The molecule has 1 unspecified atom stereocenters. The summed E-state index contributed by atoms with van der Waals surface area (Å²) in [4.78, 5) is 12.7. The monoisotopic (exact) mass is 530 g/mol. The minimum Gasteiger partial charge on any atom is -0.480 e. The maximum absolute atomic E-state index is 12.8. The van der Waals surface area contributed by atoms with E-state index in [1.54, 1.807) is 19.1 Å². The van der Waals surface area contributed by atoms with Crippen molar-refractivity contribution in [3.63, 3.8) is 0 Å². The number of benzene rings is 3. The van der Waals surface area contributed by atoms with Crippen LogP contribution in [0.5, 0.6) is 5.75 Å². The molecule has 0 aliphatic carbocycles. The lowest BCUT2D eigenvalue weighted by Crippen LogP contribution is -2.30. The zero-order valence-electron chi connectivity index (χ0n) is 19.2. The molecule has 174 valence electrons. The molecule has 2 N–H and O–H groups in total. The Bertz CT molecular complexity index is 1250. The molecule has 1 amide bonds. The van der Waals surface area contributed by atoms with Crippen molar-refractivity contribution in [2.75, 3.05) is 10.0 Å². The fraction of sp³-hybridized carbons (Fsp3) is 0.240. The maximum Gasteiger partial charge on any atom is 0.265 e. The second-order valence-electron chi connectivity index (χ2n) is 8.01. The topological polar surface area (TPSA) is 84.5 Å². The first kappa shape index (κ1) is 24.8. The van der Waals surface area contributed by atoms with Crippen molar-refractivity contribution in [1.29, 1.82) is 0 Å². The number of hydrogen-bond donors (Lipinski definition) is 2. The SMILES string of the molecule is Cc1cccc(C)c1NS(=O)(=O)c1ccc(NC(=O)C(C)Oc2c(C)cc(Br)cc2C)cc1. The summed E-state index contributed by atoms with van der Waals surface area (Å²) in [6.07, 6.45) is -0.738. The van der Waals surface area contributed by atoms with E-state index in [4.69, 9.17) is 4.74 Å². The number of sulfonamides is 1. The first-order valence-corrected chi connectivity index (χ1v) is 12.7. The highest BCUT2D eigenvalue weighted by molar-refractivity contribution is 9.10. The lowest BCUT2D eigenvalue weighted by Gasteiger charge is -2.18. The van der Waals surface area contributed by atoms with Crippen molar-refractivity contribution in [1.82, 2.24) is 0 Å². The van der Waals surface area contributed by atoms with Crippen LogP contribution < -0.4 is 14.8 Å². The van der Waals surface area contributed by atoms with Crippen molar-refractivity contribution in [3.8, 4) is 5.75 Å². The highest BCUT2D eigenvalue weighted by atomic mass is 79.9. The molecular weight excluding hydrogens is 504 g/mol. The van der Waals surface area contributed by atoms with E-state index in [1.807, 2.05) is 58.0 Å². The predicted molar refractivity (Wildman–Crippen MR) is 136 cm³/mol. The fourth-order valence-electron chi connectivity index (χ4n) is 3.44. The maximum atomic E-state index is 12.8. The highest BCUT2D eigenvalue weighted by Gasteiger charge is 2.19. The molecule has 0 bridgehead atoms. The number of carbonyl (C=O) groups is 1. The van der Waals surface area contributed by atoms with Gasteiger partial charge < -0.3 is 10.1 Å². The van der Waals surface area contributed by atoms with Gasteiger partial charge >= 0.3 is 0 Å². The minimum absolute atomic E-state index is 0.105. The van der Waals surface area contributed by atoms with E-state index in [9.17, 15) is 13.2 Å². The fourth-order valence-corrected chi connectivity index (χ4v) is 5.33. The zero-order valence-corrected chi connectivity index (χ0v) is 21.6. The molecule has 0 radical (unpaired) electrons. The van der Waals surface area contributed by atoms with Crippen LogP contribution in [0.4, 0.5) is 11.4 Å². The van der Waals surface area contributed by atoms with E-state index in [2.05, 4.69) is 26.0 Å². The van der Waals surface area contributed by atoms with E-state index in [-0.39, 0.29) is 10.8 Å². The van der Waals surface area contributed by atoms with E-state index in [0.29, 0.717) is 17.1 Å². The van der Waals surface area contributed by atoms with Crippen LogP contribution in [0.1, 0.15) is 29.2 Å². The van der Waals surface area contributed by atoms with E-state index in [0.717, 1.165) is 26.7 Å². The predicted octanol–water partition coefficient (Wildman–Crippen LogP) is 5.89. The van der Waals surface area contributed by atoms with Gasteiger partial charge in [0.2, 0.25) is 0 Å². The average Bonchev–Trinajstić information content (AvgIpc) is 2.73. The van der Waals surface area contributed by atoms with Crippen LogP contribution in [0.3, 0.4) is 0 Å². The normalized spacial score (nSPS) is 12.2. The molecule has 0 saturated carbocycles. The Balaban J connectivity index is 1.69. The second-order valence-corrected chi connectivity index (χ2v) is 10.6. The summed E-state index contributed by atoms with van der Waals surface area (Å²) in [6, 6.07) is 15.5. The van der Waals surface area contributed by atoms with Crippen molar-refractivity contribution in [2.45, 2.75) is 45.6 Å². The molecule has 0 aliphatic heterocycles. The summed E-state index contributed by atoms with van der Waals surface area (Å²) < 4.78 is 35.1. The molecule has 8 heteroatoms. The standard InChI is InChI=1S/C25H27BrN2O4S/c1-15-7-6-8-16(2)23(15)28-33(30,31)22-11-9-21(10-12-22)27-25(29)19(5)32-24-17(3)13-20(26)14-18(24)4/h6-14,19,28H,1-5H3,(H,27,29). The molecule has 0 spiro atoms. The third-order valence-electron chi connectivity index (χ3n) is 5.24. The summed E-state index contributed by atoms with van der Waals surface area (Å²) in [7, 11) is -3.76. The second kappa shape index (κ2) is 9.97. The number of amides is 1.